The number of likely N-dealkylation sites (tertiary alicyclic amines) is 1. The predicted molar refractivity (Wildman–Crippen MR) is 66.7 cm³/mol. The van der Waals surface area contributed by atoms with Gasteiger partial charge in [-0.15, -0.1) is 0 Å². The Bertz CT molecular complexity index is 186. The van der Waals surface area contributed by atoms with Crippen molar-refractivity contribution in [3.8, 4) is 0 Å². The number of hydrogen-bond acceptors (Lipinski definition) is 3. The van der Waals surface area contributed by atoms with Crippen molar-refractivity contribution >= 4 is 0 Å². The molecule has 16 heavy (non-hydrogen) atoms. The van der Waals surface area contributed by atoms with E-state index in [0.717, 1.165) is 18.6 Å². The molecule has 1 N–H and O–H groups in total. The molecule has 0 atom stereocenters. The van der Waals surface area contributed by atoms with E-state index in [0.29, 0.717) is 0 Å². The van der Waals surface area contributed by atoms with Gasteiger partial charge in [-0.1, -0.05) is 0 Å². The van der Waals surface area contributed by atoms with Crippen molar-refractivity contribution in [3.63, 3.8) is 0 Å². The van der Waals surface area contributed by atoms with Crippen LogP contribution in [0.1, 0.15) is 32.1 Å². The van der Waals surface area contributed by atoms with Crippen LogP contribution in [-0.4, -0.2) is 50.8 Å². The molecule has 1 saturated heterocycles. The molecular weight excluding hydrogens is 200 g/mol. The Morgan fingerprint density at radius 3 is 2.56 bits per heavy atom. The summed E-state index contributed by atoms with van der Waals surface area (Å²) in [7, 11) is 1.82. The summed E-state index contributed by atoms with van der Waals surface area (Å²) in [6, 6.07) is 0.868. The van der Waals surface area contributed by atoms with Gasteiger partial charge in [0, 0.05) is 19.8 Å². The van der Waals surface area contributed by atoms with Crippen molar-refractivity contribution in [2.24, 2.45) is 5.92 Å². The Balaban J connectivity index is 1.47. The van der Waals surface area contributed by atoms with Crippen molar-refractivity contribution in [2.45, 2.75) is 38.1 Å². The topological polar surface area (TPSA) is 24.5 Å². The molecule has 1 heterocycles. The van der Waals surface area contributed by atoms with Gasteiger partial charge < -0.3 is 15.0 Å². The lowest BCUT2D eigenvalue weighted by Crippen LogP contribution is -2.36. The third kappa shape index (κ3) is 4.40. The molecule has 1 saturated carbocycles. The number of ether oxygens (including phenoxy) is 1. The first-order valence-electron chi connectivity index (χ1n) is 6.83. The van der Waals surface area contributed by atoms with Gasteiger partial charge in [0.2, 0.25) is 0 Å². The first kappa shape index (κ1) is 12.3. The van der Waals surface area contributed by atoms with E-state index < -0.39 is 0 Å². The fourth-order valence-corrected chi connectivity index (χ4v) is 2.51. The lowest BCUT2D eigenvalue weighted by Gasteiger charge is -2.31. The molecule has 3 heteroatoms. The molecule has 2 fully saturated rings. The molecular formula is C13H26N2O. The summed E-state index contributed by atoms with van der Waals surface area (Å²) in [5, 5.41) is 3.58. The molecule has 0 unspecified atom stereocenters. The van der Waals surface area contributed by atoms with Crippen molar-refractivity contribution in [1.29, 1.82) is 0 Å². The second kappa shape index (κ2) is 6.58. The average Bonchev–Trinajstić information content (AvgIpc) is 3.11. The van der Waals surface area contributed by atoms with Gasteiger partial charge >= 0.3 is 0 Å². The van der Waals surface area contributed by atoms with Gasteiger partial charge in [-0.25, -0.2) is 0 Å². The molecule has 1 aliphatic heterocycles. The molecule has 0 radical (unpaired) electrons. The Kier molecular flexibility index (Phi) is 5.07. The number of nitrogens with one attached hydrogen (secondary N) is 1. The van der Waals surface area contributed by atoms with Crippen LogP contribution in [0.2, 0.25) is 0 Å². The fraction of sp³-hybridized carbons (Fsp3) is 1.00. The Morgan fingerprint density at radius 2 is 1.94 bits per heavy atom. The van der Waals surface area contributed by atoms with E-state index in [1.165, 1.54) is 58.3 Å². The minimum atomic E-state index is 0.811. The van der Waals surface area contributed by atoms with Gasteiger partial charge in [0.1, 0.15) is 0 Å². The summed E-state index contributed by atoms with van der Waals surface area (Å²) in [5.41, 5.74) is 0. The zero-order valence-electron chi connectivity index (χ0n) is 10.6. The number of hydrogen-bond donors (Lipinski definition) is 1. The Labute approximate surface area is 99.5 Å². The lowest BCUT2D eigenvalue weighted by molar-refractivity contribution is 0.0991. The molecule has 0 aromatic rings. The first-order chi connectivity index (χ1) is 7.88. The summed E-state index contributed by atoms with van der Waals surface area (Å²) in [4.78, 5) is 2.61. The quantitative estimate of drug-likeness (QED) is 0.666. The van der Waals surface area contributed by atoms with Gasteiger partial charge in [-0.2, -0.15) is 0 Å². The van der Waals surface area contributed by atoms with E-state index in [4.69, 9.17) is 4.74 Å². The van der Waals surface area contributed by atoms with Crippen molar-refractivity contribution in [1.82, 2.24) is 10.2 Å². The number of nitrogens with zero attached hydrogens (tertiary/aromatic N) is 1. The maximum Gasteiger partial charge on any atom is 0.0491 e. The second-order valence-electron chi connectivity index (χ2n) is 5.32. The molecule has 2 aliphatic rings. The summed E-state index contributed by atoms with van der Waals surface area (Å²) in [5.74, 6) is 0.811. The minimum absolute atomic E-state index is 0.811. The second-order valence-corrected chi connectivity index (χ2v) is 5.32. The Hall–Kier alpha value is -0.120. The first-order valence-corrected chi connectivity index (χ1v) is 6.83. The van der Waals surface area contributed by atoms with Crippen LogP contribution in [0.3, 0.4) is 0 Å². The molecule has 0 aromatic heterocycles. The minimum Gasteiger partial charge on any atom is -0.384 e. The molecule has 0 aromatic carbocycles. The van der Waals surface area contributed by atoms with E-state index in [-0.39, 0.29) is 0 Å². The predicted octanol–water partition coefficient (Wildman–Crippen LogP) is 1.49. The van der Waals surface area contributed by atoms with E-state index in [1.807, 2.05) is 7.11 Å². The summed E-state index contributed by atoms with van der Waals surface area (Å²) >= 11 is 0. The Morgan fingerprint density at radius 1 is 1.19 bits per heavy atom. The van der Waals surface area contributed by atoms with Crippen molar-refractivity contribution in [2.75, 3.05) is 39.9 Å². The van der Waals surface area contributed by atoms with Gasteiger partial charge in [0.05, 0.1) is 0 Å². The molecule has 0 bridgehead atoms. The van der Waals surface area contributed by atoms with Crippen LogP contribution < -0.4 is 5.32 Å². The molecule has 2 rings (SSSR count). The maximum atomic E-state index is 5.22. The summed E-state index contributed by atoms with van der Waals surface area (Å²) < 4.78 is 5.22. The zero-order valence-corrected chi connectivity index (χ0v) is 10.6. The van der Waals surface area contributed by atoms with Crippen molar-refractivity contribution in [3.05, 3.63) is 0 Å². The van der Waals surface area contributed by atoms with E-state index in [1.54, 1.807) is 0 Å². The van der Waals surface area contributed by atoms with Gasteiger partial charge in [-0.05, 0) is 64.2 Å². The summed E-state index contributed by atoms with van der Waals surface area (Å²) in [6.45, 7) is 5.99. The van der Waals surface area contributed by atoms with Crippen LogP contribution >= 0.6 is 0 Å². The van der Waals surface area contributed by atoms with E-state index in [9.17, 15) is 0 Å². The van der Waals surface area contributed by atoms with Gasteiger partial charge in [0.25, 0.3) is 0 Å². The van der Waals surface area contributed by atoms with Crippen LogP contribution in [0, 0.1) is 5.92 Å². The lowest BCUT2D eigenvalue weighted by atomic mass is 9.98. The third-order valence-electron chi connectivity index (χ3n) is 3.77. The van der Waals surface area contributed by atoms with E-state index >= 15 is 0 Å². The normalized spacial score (nSPS) is 23.8. The van der Waals surface area contributed by atoms with E-state index in [2.05, 4.69) is 10.2 Å². The summed E-state index contributed by atoms with van der Waals surface area (Å²) in [6.07, 6.45) is 6.77. The molecule has 1 aliphatic carbocycles. The monoisotopic (exact) mass is 226 g/mol. The highest BCUT2D eigenvalue weighted by Crippen LogP contribution is 2.19. The zero-order chi connectivity index (χ0) is 11.2. The SMILES string of the molecule is COCC1CCN(CCCNC2CC2)CC1. The smallest absolute Gasteiger partial charge is 0.0491 e. The average molecular weight is 226 g/mol. The highest BCUT2D eigenvalue weighted by Gasteiger charge is 2.20. The van der Waals surface area contributed by atoms with Gasteiger partial charge in [0.15, 0.2) is 0 Å². The molecule has 94 valence electrons. The standard InChI is InChI=1S/C13H26N2O/c1-16-11-12-5-9-15(10-6-12)8-2-7-14-13-3-4-13/h12-14H,2-11H2,1H3. The van der Waals surface area contributed by atoms with Crippen LogP contribution in [-0.2, 0) is 4.74 Å². The number of rotatable bonds is 7. The largest absolute Gasteiger partial charge is 0.384 e. The van der Waals surface area contributed by atoms with Gasteiger partial charge in [-0.3, -0.25) is 0 Å². The highest BCUT2D eigenvalue weighted by atomic mass is 16.5. The van der Waals surface area contributed by atoms with Crippen LogP contribution in [0.4, 0.5) is 0 Å². The highest BCUT2D eigenvalue weighted by molar-refractivity contribution is 4.80. The number of methoxy groups -OCH3 is 1. The number of piperidine rings is 1. The van der Waals surface area contributed by atoms with Crippen LogP contribution in [0.25, 0.3) is 0 Å². The maximum absolute atomic E-state index is 5.22. The molecule has 3 nitrogen and oxygen atoms in total. The fourth-order valence-electron chi connectivity index (χ4n) is 2.51. The van der Waals surface area contributed by atoms with Crippen LogP contribution in [0.5, 0.6) is 0 Å². The van der Waals surface area contributed by atoms with Crippen molar-refractivity contribution < 1.29 is 4.74 Å². The molecule has 0 spiro atoms. The third-order valence-corrected chi connectivity index (χ3v) is 3.77. The molecule has 0 amide bonds. The van der Waals surface area contributed by atoms with Crippen LogP contribution in [0.15, 0.2) is 0 Å².